The molecule has 2 rings (SSSR count). The Morgan fingerprint density at radius 3 is 2.03 bits per heavy atom. The van der Waals surface area contributed by atoms with E-state index in [1.54, 1.807) is 7.11 Å². The Balaban J connectivity index is 1.80. The summed E-state index contributed by atoms with van der Waals surface area (Å²) >= 11 is 5.72. The standard InChI is InChI=1S/C27H41ClO3/c1-3-4-5-6-10-13-20-30-24-16-17-25-23(22-24)15-18-26(27(25)29-2)31-21-14-11-8-7-9-12-19-28/h15-18,22H,3-14,19-21H2,1-2H3. The molecule has 0 aliphatic heterocycles. The van der Waals surface area contributed by atoms with Crippen molar-refractivity contribution < 1.29 is 14.2 Å². The molecule has 0 N–H and O–H groups in total. The first-order valence-corrected chi connectivity index (χ1v) is 12.8. The Morgan fingerprint density at radius 1 is 0.710 bits per heavy atom. The summed E-state index contributed by atoms with van der Waals surface area (Å²) < 4.78 is 17.7. The molecule has 174 valence electrons. The van der Waals surface area contributed by atoms with Gasteiger partial charge in [0.15, 0.2) is 11.5 Å². The number of hydrogen-bond acceptors (Lipinski definition) is 3. The highest BCUT2D eigenvalue weighted by Crippen LogP contribution is 2.37. The average Bonchev–Trinajstić information content (AvgIpc) is 2.79. The maximum Gasteiger partial charge on any atom is 0.168 e. The first kappa shape index (κ1) is 25.6. The van der Waals surface area contributed by atoms with Crippen molar-refractivity contribution in [1.29, 1.82) is 0 Å². The molecule has 0 aromatic heterocycles. The molecule has 0 aliphatic carbocycles. The molecule has 0 saturated heterocycles. The zero-order valence-electron chi connectivity index (χ0n) is 19.6. The van der Waals surface area contributed by atoms with Crippen molar-refractivity contribution in [2.75, 3.05) is 26.2 Å². The van der Waals surface area contributed by atoms with E-state index < -0.39 is 0 Å². The smallest absolute Gasteiger partial charge is 0.168 e. The minimum Gasteiger partial charge on any atom is -0.494 e. The number of unbranched alkanes of at least 4 members (excludes halogenated alkanes) is 10. The van der Waals surface area contributed by atoms with E-state index in [0.29, 0.717) is 0 Å². The Morgan fingerprint density at radius 2 is 1.35 bits per heavy atom. The van der Waals surface area contributed by atoms with Crippen molar-refractivity contribution in [3.63, 3.8) is 0 Å². The third kappa shape index (κ3) is 9.60. The van der Waals surface area contributed by atoms with Gasteiger partial charge in [-0.1, -0.05) is 70.8 Å². The molecular weight excluding hydrogens is 408 g/mol. The number of benzene rings is 2. The highest BCUT2D eigenvalue weighted by Gasteiger charge is 2.10. The number of halogens is 1. The lowest BCUT2D eigenvalue weighted by molar-refractivity contribution is 0.286. The number of hydrogen-bond donors (Lipinski definition) is 0. The molecule has 0 atom stereocenters. The molecule has 0 saturated carbocycles. The van der Waals surface area contributed by atoms with Crippen LogP contribution >= 0.6 is 11.6 Å². The lowest BCUT2D eigenvalue weighted by Gasteiger charge is -2.14. The zero-order valence-corrected chi connectivity index (χ0v) is 20.4. The van der Waals surface area contributed by atoms with E-state index in [0.717, 1.165) is 66.4 Å². The highest BCUT2D eigenvalue weighted by molar-refractivity contribution is 6.17. The maximum atomic E-state index is 6.04. The molecule has 4 heteroatoms. The second-order valence-corrected chi connectivity index (χ2v) is 8.63. The Kier molecular flexibility index (Phi) is 13.3. The normalized spacial score (nSPS) is 11.1. The van der Waals surface area contributed by atoms with Gasteiger partial charge in [-0.25, -0.2) is 0 Å². The van der Waals surface area contributed by atoms with Crippen molar-refractivity contribution >= 4 is 22.4 Å². The molecule has 0 unspecified atom stereocenters. The summed E-state index contributed by atoms with van der Waals surface area (Å²) in [7, 11) is 1.71. The van der Waals surface area contributed by atoms with Crippen LogP contribution in [0.3, 0.4) is 0 Å². The summed E-state index contributed by atoms with van der Waals surface area (Å²) in [5.74, 6) is 3.32. The minimum absolute atomic E-state index is 0.719. The fourth-order valence-electron chi connectivity index (χ4n) is 3.83. The molecule has 0 heterocycles. The SMILES string of the molecule is CCCCCCCCOc1ccc2c(OC)c(OCCCCCCCCCl)ccc2c1. The Labute approximate surface area is 194 Å². The molecule has 0 spiro atoms. The van der Waals surface area contributed by atoms with E-state index >= 15 is 0 Å². The molecule has 0 amide bonds. The van der Waals surface area contributed by atoms with Gasteiger partial charge in [-0.3, -0.25) is 0 Å². The minimum atomic E-state index is 0.719. The van der Waals surface area contributed by atoms with Gasteiger partial charge in [0.05, 0.1) is 20.3 Å². The van der Waals surface area contributed by atoms with Gasteiger partial charge in [0.1, 0.15) is 5.75 Å². The van der Waals surface area contributed by atoms with E-state index in [1.807, 2.05) is 12.1 Å². The van der Waals surface area contributed by atoms with E-state index in [2.05, 4.69) is 25.1 Å². The Hall–Kier alpha value is -1.61. The van der Waals surface area contributed by atoms with E-state index in [9.17, 15) is 0 Å². The van der Waals surface area contributed by atoms with Crippen LogP contribution in [0.2, 0.25) is 0 Å². The largest absolute Gasteiger partial charge is 0.494 e. The topological polar surface area (TPSA) is 27.7 Å². The van der Waals surface area contributed by atoms with Crippen LogP contribution in [-0.4, -0.2) is 26.2 Å². The quantitative estimate of drug-likeness (QED) is 0.169. The van der Waals surface area contributed by atoms with Gasteiger partial charge in [-0.2, -0.15) is 0 Å². The molecule has 0 radical (unpaired) electrons. The second-order valence-electron chi connectivity index (χ2n) is 8.25. The summed E-state index contributed by atoms with van der Waals surface area (Å²) in [5.41, 5.74) is 0. The summed E-state index contributed by atoms with van der Waals surface area (Å²) in [6.45, 7) is 3.75. The van der Waals surface area contributed by atoms with Crippen LogP contribution in [0.25, 0.3) is 10.8 Å². The van der Waals surface area contributed by atoms with Crippen LogP contribution in [0.5, 0.6) is 17.2 Å². The van der Waals surface area contributed by atoms with Crippen LogP contribution in [0, 0.1) is 0 Å². The summed E-state index contributed by atoms with van der Waals surface area (Å²) in [6, 6.07) is 10.3. The van der Waals surface area contributed by atoms with Crippen molar-refractivity contribution in [3.8, 4) is 17.2 Å². The molecule has 2 aromatic rings. The number of rotatable bonds is 18. The van der Waals surface area contributed by atoms with Gasteiger partial charge >= 0.3 is 0 Å². The van der Waals surface area contributed by atoms with Crippen LogP contribution in [0.1, 0.15) is 84.0 Å². The van der Waals surface area contributed by atoms with Gasteiger partial charge < -0.3 is 14.2 Å². The lowest BCUT2D eigenvalue weighted by Crippen LogP contribution is -2.00. The Bertz CT molecular complexity index is 732. The summed E-state index contributed by atoms with van der Waals surface area (Å²) in [5, 5.41) is 2.18. The third-order valence-corrected chi connectivity index (χ3v) is 5.93. The predicted molar refractivity (Wildman–Crippen MR) is 133 cm³/mol. The number of fused-ring (bicyclic) bond motifs is 1. The first-order valence-electron chi connectivity index (χ1n) is 12.2. The number of ether oxygens (including phenoxy) is 3. The molecule has 0 aliphatic rings. The third-order valence-electron chi connectivity index (χ3n) is 5.66. The second kappa shape index (κ2) is 16.1. The van der Waals surface area contributed by atoms with Crippen LogP contribution in [0.4, 0.5) is 0 Å². The molecule has 3 nitrogen and oxygen atoms in total. The number of methoxy groups -OCH3 is 1. The van der Waals surface area contributed by atoms with Gasteiger partial charge in [-0.05, 0) is 48.9 Å². The van der Waals surface area contributed by atoms with E-state index in [4.69, 9.17) is 25.8 Å². The molecule has 0 bridgehead atoms. The van der Waals surface area contributed by atoms with Crippen LogP contribution < -0.4 is 14.2 Å². The zero-order chi connectivity index (χ0) is 22.2. The molecule has 2 aromatic carbocycles. The van der Waals surface area contributed by atoms with Crippen molar-refractivity contribution in [3.05, 3.63) is 30.3 Å². The molecule has 31 heavy (non-hydrogen) atoms. The van der Waals surface area contributed by atoms with Gasteiger partial charge in [-0.15, -0.1) is 11.6 Å². The van der Waals surface area contributed by atoms with Crippen LogP contribution in [-0.2, 0) is 0 Å². The van der Waals surface area contributed by atoms with E-state index in [-0.39, 0.29) is 0 Å². The average molecular weight is 449 g/mol. The van der Waals surface area contributed by atoms with Gasteiger partial charge in [0, 0.05) is 11.3 Å². The summed E-state index contributed by atoms with van der Waals surface area (Å²) in [4.78, 5) is 0. The predicted octanol–water partition coefficient (Wildman–Crippen LogP) is 8.55. The lowest BCUT2D eigenvalue weighted by atomic mass is 10.1. The fraction of sp³-hybridized carbons (Fsp3) is 0.630. The van der Waals surface area contributed by atoms with Crippen LogP contribution in [0.15, 0.2) is 30.3 Å². The first-order chi connectivity index (χ1) is 15.3. The van der Waals surface area contributed by atoms with Crippen molar-refractivity contribution in [2.24, 2.45) is 0 Å². The highest BCUT2D eigenvalue weighted by atomic mass is 35.5. The molecular formula is C27H41ClO3. The molecule has 0 fully saturated rings. The monoisotopic (exact) mass is 448 g/mol. The maximum absolute atomic E-state index is 6.04. The van der Waals surface area contributed by atoms with Gasteiger partial charge in [0.2, 0.25) is 0 Å². The van der Waals surface area contributed by atoms with E-state index in [1.165, 1.54) is 57.8 Å². The van der Waals surface area contributed by atoms with Gasteiger partial charge in [0.25, 0.3) is 0 Å². The van der Waals surface area contributed by atoms with Crippen molar-refractivity contribution in [2.45, 2.75) is 84.0 Å². The summed E-state index contributed by atoms with van der Waals surface area (Å²) in [6.07, 6.45) is 14.8. The fourth-order valence-corrected chi connectivity index (χ4v) is 4.02. The number of alkyl halides is 1. The van der Waals surface area contributed by atoms with Crippen molar-refractivity contribution in [1.82, 2.24) is 0 Å².